The van der Waals surface area contributed by atoms with Crippen LogP contribution < -0.4 is 5.32 Å². The molecule has 1 unspecified atom stereocenters. The highest BCUT2D eigenvalue weighted by molar-refractivity contribution is 6.29. The van der Waals surface area contributed by atoms with E-state index in [2.05, 4.69) is 5.32 Å². The third-order valence-electron chi connectivity index (χ3n) is 1.07. The first-order valence-corrected chi connectivity index (χ1v) is 3.71. The van der Waals surface area contributed by atoms with Crippen LogP contribution >= 0.6 is 11.6 Å². The molecule has 0 amide bonds. The largest absolute Gasteiger partial charge is 0.479 e. The summed E-state index contributed by atoms with van der Waals surface area (Å²) in [6, 6.07) is 0. The summed E-state index contributed by atoms with van der Waals surface area (Å²) < 4.78 is 4.75. The van der Waals surface area contributed by atoms with Crippen LogP contribution in [0.3, 0.4) is 0 Å². The third kappa shape index (κ3) is 6.09. The van der Waals surface area contributed by atoms with Crippen molar-refractivity contribution in [3.8, 4) is 0 Å². The number of carbonyl (C=O) groups is 1. The number of hydrogen-bond donors (Lipinski definition) is 2. The van der Waals surface area contributed by atoms with Gasteiger partial charge in [-0.05, 0) is 13.0 Å². The van der Waals surface area contributed by atoms with Gasteiger partial charge in [-0.15, -0.1) is 0 Å². The molecule has 0 aromatic heterocycles. The van der Waals surface area contributed by atoms with Crippen LogP contribution in [0, 0.1) is 0 Å². The van der Waals surface area contributed by atoms with Gasteiger partial charge in [0.15, 0.2) is 5.50 Å². The minimum absolute atomic E-state index is 0.550. The molecule has 0 spiro atoms. The molecule has 0 aromatic rings. The van der Waals surface area contributed by atoms with Gasteiger partial charge in [0.1, 0.15) is 0 Å². The van der Waals surface area contributed by atoms with E-state index in [9.17, 15) is 4.79 Å². The lowest BCUT2D eigenvalue weighted by Gasteiger charge is -2.05. The van der Waals surface area contributed by atoms with Crippen LogP contribution in [0.15, 0.2) is 0 Å². The molecule has 0 saturated carbocycles. The summed E-state index contributed by atoms with van der Waals surface area (Å²) >= 11 is 5.34. The standard InChI is InChI=1S/C6H12ClNO3/c1-11-4-2-3-8-5(7)6(9)10/h5,8H,2-4H2,1H3,(H,9,10). The molecule has 0 radical (unpaired) electrons. The van der Waals surface area contributed by atoms with Crippen LogP contribution in [-0.4, -0.2) is 36.8 Å². The van der Waals surface area contributed by atoms with E-state index in [-0.39, 0.29) is 0 Å². The zero-order chi connectivity index (χ0) is 8.69. The fourth-order valence-corrected chi connectivity index (χ4v) is 0.642. The molecule has 2 N–H and O–H groups in total. The summed E-state index contributed by atoms with van der Waals surface area (Å²) in [5.74, 6) is -1.05. The Kier molecular flexibility index (Phi) is 6.21. The lowest BCUT2D eigenvalue weighted by atomic mass is 10.4. The van der Waals surface area contributed by atoms with Gasteiger partial charge in [-0.1, -0.05) is 11.6 Å². The van der Waals surface area contributed by atoms with E-state index in [0.29, 0.717) is 13.2 Å². The highest BCUT2D eigenvalue weighted by atomic mass is 35.5. The number of rotatable bonds is 6. The second-order valence-electron chi connectivity index (χ2n) is 2.00. The highest BCUT2D eigenvalue weighted by Crippen LogP contribution is 1.90. The van der Waals surface area contributed by atoms with Gasteiger partial charge in [0.2, 0.25) is 0 Å². The number of ether oxygens (including phenoxy) is 1. The number of methoxy groups -OCH3 is 1. The average molecular weight is 182 g/mol. The first-order chi connectivity index (χ1) is 5.18. The molecule has 5 heteroatoms. The maximum absolute atomic E-state index is 10.1. The van der Waals surface area contributed by atoms with Crippen molar-refractivity contribution in [1.29, 1.82) is 0 Å². The minimum Gasteiger partial charge on any atom is -0.479 e. The number of carboxylic acid groups (broad SMARTS) is 1. The van der Waals surface area contributed by atoms with Gasteiger partial charge in [-0.3, -0.25) is 5.32 Å². The molecule has 0 saturated heterocycles. The smallest absolute Gasteiger partial charge is 0.336 e. The minimum atomic E-state index is -1.05. The summed E-state index contributed by atoms with van der Waals surface area (Å²) in [5, 5.41) is 10.9. The third-order valence-corrected chi connectivity index (χ3v) is 1.41. The average Bonchev–Trinajstić information content (AvgIpc) is 1.97. The fraction of sp³-hybridized carbons (Fsp3) is 0.833. The molecule has 0 heterocycles. The van der Waals surface area contributed by atoms with Crippen LogP contribution in [0.2, 0.25) is 0 Å². The molecule has 0 fully saturated rings. The lowest BCUT2D eigenvalue weighted by molar-refractivity contribution is -0.137. The number of carboxylic acids is 1. The Morgan fingerprint density at radius 3 is 2.91 bits per heavy atom. The van der Waals surface area contributed by atoms with Crippen LogP contribution in [0.1, 0.15) is 6.42 Å². The molecule has 4 nitrogen and oxygen atoms in total. The Morgan fingerprint density at radius 1 is 1.82 bits per heavy atom. The molecule has 1 atom stereocenters. The molecule has 0 aliphatic carbocycles. The molecule has 11 heavy (non-hydrogen) atoms. The maximum Gasteiger partial charge on any atom is 0.336 e. The SMILES string of the molecule is COCCCNC(Cl)C(=O)O. The summed E-state index contributed by atoms with van der Waals surface area (Å²) in [7, 11) is 1.59. The number of aliphatic carboxylic acids is 1. The molecule has 0 aromatic carbocycles. The van der Waals surface area contributed by atoms with Gasteiger partial charge in [-0.2, -0.15) is 0 Å². The highest BCUT2D eigenvalue weighted by Gasteiger charge is 2.10. The van der Waals surface area contributed by atoms with E-state index in [1.165, 1.54) is 0 Å². The van der Waals surface area contributed by atoms with Crippen LogP contribution in [0.4, 0.5) is 0 Å². The van der Waals surface area contributed by atoms with E-state index in [4.69, 9.17) is 21.4 Å². The van der Waals surface area contributed by atoms with Crippen molar-refractivity contribution in [3.63, 3.8) is 0 Å². The number of halogens is 1. The Labute approximate surface area is 70.5 Å². The summed E-state index contributed by atoms with van der Waals surface area (Å²) in [5.41, 5.74) is -0.994. The molecule has 0 rings (SSSR count). The molecule has 0 bridgehead atoms. The molecule has 0 aliphatic rings. The molecule has 0 aliphatic heterocycles. The van der Waals surface area contributed by atoms with E-state index in [0.717, 1.165) is 6.42 Å². The predicted octanol–water partition coefficient (Wildman–Crippen LogP) is 0.262. The first-order valence-electron chi connectivity index (χ1n) is 3.27. The maximum atomic E-state index is 10.1. The number of nitrogens with one attached hydrogen (secondary N) is 1. The van der Waals surface area contributed by atoms with Gasteiger partial charge in [0.05, 0.1) is 0 Å². The van der Waals surface area contributed by atoms with Crippen molar-refractivity contribution in [3.05, 3.63) is 0 Å². The topological polar surface area (TPSA) is 58.6 Å². The monoisotopic (exact) mass is 181 g/mol. The second kappa shape index (κ2) is 6.39. The molecular formula is C6H12ClNO3. The van der Waals surface area contributed by atoms with Crippen LogP contribution in [-0.2, 0) is 9.53 Å². The zero-order valence-electron chi connectivity index (χ0n) is 6.34. The van der Waals surface area contributed by atoms with Crippen molar-refractivity contribution in [2.45, 2.75) is 11.9 Å². The van der Waals surface area contributed by atoms with E-state index >= 15 is 0 Å². The van der Waals surface area contributed by atoms with Crippen molar-refractivity contribution < 1.29 is 14.6 Å². The Bertz CT molecular complexity index is 120. The van der Waals surface area contributed by atoms with Crippen molar-refractivity contribution >= 4 is 17.6 Å². The van der Waals surface area contributed by atoms with Gasteiger partial charge < -0.3 is 9.84 Å². The Morgan fingerprint density at radius 2 is 2.45 bits per heavy atom. The lowest BCUT2D eigenvalue weighted by Crippen LogP contribution is -2.32. The van der Waals surface area contributed by atoms with Crippen molar-refractivity contribution in [2.75, 3.05) is 20.3 Å². The predicted molar refractivity (Wildman–Crippen MR) is 41.8 cm³/mol. The Hall–Kier alpha value is -0.320. The fourth-order valence-electron chi connectivity index (χ4n) is 0.533. The molecule has 66 valence electrons. The van der Waals surface area contributed by atoms with E-state index in [1.54, 1.807) is 7.11 Å². The summed E-state index contributed by atoms with van der Waals surface area (Å²) in [6.07, 6.45) is 0.757. The van der Waals surface area contributed by atoms with E-state index in [1.807, 2.05) is 0 Å². The van der Waals surface area contributed by atoms with E-state index < -0.39 is 11.5 Å². The summed E-state index contributed by atoms with van der Waals surface area (Å²) in [6.45, 7) is 1.16. The normalized spacial score (nSPS) is 12.9. The quantitative estimate of drug-likeness (QED) is 0.351. The van der Waals surface area contributed by atoms with Crippen LogP contribution in [0.5, 0.6) is 0 Å². The second-order valence-corrected chi connectivity index (χ2v) is 2.44. The number of hydrogen-bond acceptors (Lipinski definition) is 3. The number of alkyl halides is 1. The Balaban J connectivity index is 3.17. The molecular weight excluding hydrogens is 170 g/mol. The summed E-state index contributed by atoms with van der Waals surface area (Å²) in [4.78, 5) is 10.1. The van der Waals surface area contributed by atoms with Gasteiger partial charge in [0.25, 0.3) is 0 Å². The van der Waals surface area contributed by atoms with Crippen molar-refractivity contribution in [2.24, 2.45) is 0 Å². The zero-order valence-corrected chi connectivity index (χ0v) is 7.10. The van der Waals surface area contributed by atoms with Gasteiger partial charge in [-0.25, -0.2) is 4.79 Å². The van der Waals surface area contributed by atoms with Crippen molar-refractivity contribution in [1.82, 2.24) is 5.32 Å². The first kappa shape index (κ1) is 10.7. The van der Waals surface area contributed by atoms with Gasteiger partial charge in [0, 0.05) is 13.7 Å². The van der Waals surface area contributed by atoms with Gasteiger partial charge >= 0.3 is 5.97 Å². The van der Waals surface area contributed by atoms with Crippen LogP contribution in [0.25, 0.3) is 0 Å².